The van der Waals surface area contributed by atoms with Crippen LogP contribution < -0.4 is 4.74 Å². The Kier molecular flexibility index (Phi) is 3.72. The Balaban J connectivity index is 3.45. The number of carbonyl (C=O) groups is 1. The molecule has 0 aromatic heterocycles. The van der Waals surface area contributed by atoms with Crippen LogP contribution in [-0.2, 0) is 0 Å². The molecule has 0 fully saturated rings. The van der Waals surface area contributed by atoms with Gasteiger partial charge in [-0.2, -0.15) is 0 Å². The Morgan fingerprint density at radius 1 is 1.56 bits per heavy atom. The van der Waals surface area contributed by atoms with Crippen LogP contribution in [0.3, 0.4) is 0 Å². The summed E-state index contributed by atoms with van der Waals surface area (Å²) < 4.78 is 5.19. The van der Waals surface area contributed by atoms with E-state index in [2.05, 4.69) is 6.58 Å². The lowest BCUT2D eigenvalue weighted by molar-refractivity contribution is 0.112. The van der Waals surface area contributed by atoms with E-state index in [1.165, 1.54) is 19.2 Å². The van der Waals surface area contributed by atoms with Gasteiger partial charge in [0.05, 0.1) is 12.7 Å². The fraction of sp³-hybridized carbons (Fsp3) is 0.308. The molecule has 1 rings (SSSR count). The van der Waals surface area contributed by atoms with E-state index in [9.17, 15) is 9.90 Å². The second-order valence-electron chi connectivity index (χ2n) is 3.81. The minimum absolute atomic E-state index is 0.0603. The predicted octanol–water partition coefficient (Wildman–Crippen LogP) is 2.89. The lowest BCUT2D eigenvalue weighted by Gasteiger charge is -2.18. The van der Waals surface area contributed by atoms with Gasteiger partial charge in [0.15, 0.2) is 6.29 Å². The van der Waals surface area contributed by atoms with Gasteiger partial charge in [-0.15, -0.1) is 0 Å². The van der Waals surface area contributed by atoms with Gasteiger partial charge in [0.2, 0.25) is 0 Å². The van der Waals surface area contributed by atoms with Crippen molar-refractivity contribution in [1.29, 1.82) is 0 Å². The first-order valence-corrected chi connectivity index (χ1v) is 5.03. The third kappa shape index (κ3) is 2.08. The molecule has 3 heteroatoms. The maximum absolute atomic E-state index is 10.9. The van der Waals surface area contributed by atoms with Crippen molar-refractivity contribution in [3.63, 3.8) is 0 Å². The number of allylic oxidation sites excluding steroid dienone is 1. The smallest absolute Gasteiger partial charge is 0.153 e. The molecule has 0 amide bonds. The predicted molar refractivity (Wildman–Crippen MR) is 63.3 cm³/mol. The highest BCUT2D eigenvalue weighted by Crippen LogP contribution is 2.39. The molecule has 3 nitrogen and oxygen atoms in total. The van der Waals surface area contributed by atoms with E-state index in [4.69, 9.17) is 4.74 Å². The Morgan fingerprint density at radius 2 is 2.19 bits per heavy atom. The average Bonchev–Trinajstić information content (AvgIpc) is 2.27. The van der Waals surface area contributed by atoms with Crippen LogP contribution in [0.25, 0.3) is 0 Å². The minimum atomic E-state index is -0.0603. The van der Waals surface area contributed by atoms with Crippen LogP contribution in [0.5, 0.6) is 11.5 Å². The molecule has 16 heavy (non-hydrogen) atoms. The summed E-state index contributed by atoms with van der Waals surface area (Å²) in [5.41, 5.74) is 1.94. The average molecular weight is 220 g/mol. The topological polar surface area (TPSA) is 46.5 Å². The molecule has 0 aliphatic rings. The molecular weight excluding hydrogens is 204 g/mol. The van der Waals surface area contributed by atoms with E-state index in [-0.39, 0.29) is 11.7 Å². The molecule has 1 unspecified atom stereocenters. The lowest BCUT2D eigenvalue weighted by atomic mass is 9.91. The highest BCUT2D eigenvalue weighted by Gasteiger charge is 2.19. The van der Waals surface area contributed by atoms with Crippen molar-refractivity contribution in [1.82, 2.24) is 0 Å². The van der Waals surface area contributed by atoms with Crippen molar-refractivity contribution >= 4 is 6.29 Å². The number of benzene rings is 1. The largest absolute Gasteiger partial charge is 0.508 e. The van der Waals surface area contributed by atoms with E-state index in [0.717, 1.165) is 5.57 Å². The van der Waals surface area contributed by atoms with Gasteiger partial charge in [0.25, 0.3) is 0 Å². The maximum atomic E-state index is 10.9. The Hall–Kier alpha value is -1.77. The Bertz CT molecular complexity index is 421. The van der Waals surface area contributed by atoms with Gasteiger partial charge >= 0.3 is 0 Å². The van der Waals surface area contributed by atoms with E-state index in [0.29, 0.717) is 23.2 Å². The molecule has 0 bridgehead atoms. The molecule has 0 saturated heterocycles. The molecule has 0 radical (unpaired) electrons. The first kappa shape index (κ1) is 12.3. The quantitative estimate of drug-likeness (QED) is 0.627. The van der Waals surface area contributed by atoms with Crippen LogP contribution in [0, 0.1) is 0 Å². The zero-order chi connectivity index (χ0) is 12.3. The van der Waals surface area contributed by atoms with Crippen molar-refractivity contribution in [2.45, 2.75) is 19.8 Å². The molecule has 0 spiro atoms. The summed E-state index contributed by atoms with van der Waals surface area (Å²) in [6.07, 6.45) is 0.715. The molecule has 1 N–H and O–H groups in total. The van der Waals surface area contributed by atoms with Gasteiger partial charge in [0.1, 0.15) is 11.5 Å². The number of methoxy groups -OCH3 is 1. The van der Waals surface area contributed by atoms with Crippen LogP contribution >= 0.6 is 0 Å². The summed E-state index contributed by atoms with van der Waals surface area (Å²) >= 11 is 0. The van der Waals surface area contributed by atoms with Crippen molar-refractivity contribution < 1.29 is 14.6 Å². The zero-order valence-corrected chi connectivity index (χ0v) is 9.78. The van der Waals surface area contributed by atoms with Gasteiger partial charge in [-0.25, -0.2) is 0 Å². The van der Waals surface area contributed by atoms with Crippen LogP contribution in [0.4, 0.5) is 0 Å². The normalized spacial score (nSPS) is 11.9. The van der Waals surface area contributed by atoms with E-state index in [1.807, 2.05) is 13.8 Å². The summed E-state index contributed by atoms with van der Waals surface area (Å²) in [5.74, 6) is 0.485. The zero-order valence-electron chi connectivity index (χ0n) is 9.78. The van der Waals surface area contributed by atoms with Gasteiger partial charge < -0.3 is 9.84 Å². The van der Waals surface area contributed by atoms with Crippen molar-refractivity contribution in [2.75, 3.05) is 7.11 Å². The second-order valence-corrected chi connectivity index (χ2v) is 3.81. The van der Waals surface area contributed by atoms with Gasteiger partial charge in [0, 0.05) is 11.5 Å². The van der Waals surface area contributed by atoms with Crippen molar-refractivity contribution in [2.24, 2.45) is 0 Å². The number of hydrogen-bond acceptors (Lipinski definition) is 3. The molecule has 1 aromatic rings. The number of aldehydes is 1. The van der Waals surface area contributed by atoms with Gasteiger partial charge in [-0.1, -0.05) is 19.1 Å². The third-order valence-electron chi connectivity index (χ3n) is 2.71. The Labute approximate surface area is 95.4 Å². The molecule has 86 valence electrons. The van der Waals surface area contributed by atoms with Crippen LogP contribution in [0.15, 0.2) is 24.3 Å². The van der Waals surface area contributed by atoms with Crippen molar-refractivity contribution in [3.8, 4) is 11.5 Å². The SMILES string of the molecule is C=C(C)C(C)c1c(O)ccc(C=O)c1OC. The molecule has 0 saturated carbocycles. The van der Waals surface area contributed by atoms with Crippen LogP contribution in [0.1, 0.15) is 35.7 Å². The van der Waals surface area contributed by atoms with E-state index >= 15 is 0 Å². The van der Waals surface area contributed by atoms with E-state index < -0.39 is 0 Å². The molecule has 0 heterocycles. The van der Waals surface area contributed by atoms with Crippen molar-refractivity contribution in [3.05, 3.63) is 35.4 Å². The second kappa shape index (κ2) is 4.84. The van der Waals surface area contributed by atoms with Crippen LogP contribution in [-0.4, -0.2) is 18.5 Å². The first-order valence-electron chi connectivity index (χ1n) is 5.03. The van der Waals surface area contributed by atoms with E-state index in [1.54, 1.807) is 0 Å². The highest BCUT2D eigenvalue weighted by molar-refractivity contribution is 5.81. The molecule has 1 atom stereocenters. The summed E-state index contributed by atoms with van der Waals surface area (Å²) in [4.78, 5) is 10.9. The lowest BCUT2D eigenvalue weighted by Crippen LogP contribution is -2.02. The number of phenolic OH excluding ortho intramolecular Hbond substituents is 1. The minimum Gasteiger partial charge on any atom is -0.508 e. The summed E-state index contributed by atoms with van der Waals surface area (Å²) in [7, 11) is 1.48. The standard InChI is InChI=1S/C13H16O3/c1-8(2)9(3)12-11(15)6-5-10(7-14)13(12)16-4/h5-7,9,15H,1H2,2-4H3. The highest BCUT2D eigenvalue weighted by atomic mass is 16.5. The molecule has 0 aliphatic heterocycles. The molecule has 1 aromatic carbocycles. The fourth-order valence-electron chi connectivity index (χ4n) is 1.59. The summed E-state index contributed by atoms with van der Waals surface area (Å²) in [5, 5.41) is 9.82. The molecular formula is C13H16O3. The summed E-state index contributed by atoms with van der Waals surface area (Å²) in [6.45, 7) is 7.63. The number of ether oxygens (including phenoxy) is 1. The monoisotopic (exact) mass is 220 g/mol. The van der Waals surface area contributed by atoms with Gasteiger partial charge in [-0.05, 0) is 19.1 Å². The maximum Gasteiger partial charge on any atom is 0.153 e. The third-order valence-corrected chi connectivity index (χ3v) is 2.71. The van der Waals surface area contributed by atoms with Crippen LogP contribution in [0.2, 0.25) is 0 Å². The number of carbonyl (C=O) groups excluding carboxylic acids is 1. The molecule has 0 aliphatic carbocycles. The number of hydrogen-bond donors (Lipinski definition) is 1. The van der Waals surface area contributed by atoms with Gasteiger partial charge in [-0.3, -0.25) is 4.79 Å². The number of phenols is 1. The first-order chi connectivity index (χ1) is 7.52. The number of aromatic hydroxyl groups is 1. The fourth-order valence-corrected chi connectivity index (χ4v) is 1.59. The number of rotatable bonds is 4. The summed E-state index contributed by atoms with van der Waals surface area (Å²) in [6, 6.07) is 3.04. The Morgan fingerprint density at radius 3 is 2.62 bits per heavy atom.